The van der Waals surface area contributed by atoms with Crippen LogP contribution in [0.2, 0.25) is 0 Å². The first-order valence-corrected chi connectivity index (χ1v) is 8.09. The maximum absolute atomic E-state index is 10.6. The first-order chi connectivity index (χ1) is 12.4. The molecule has 142 valence electrons. The van der Waals surface area contributed by atoms with E-state index in [1.54, 1.807) is 31.2 Å². The second-order valence-corrected chi connectivity index (χ2v) is 5.80. The van der Waals surface area contributed by atoms with E-state index in [1.807, 2.05) is 0 Å². The van der Waals surface area contributed by atoms with Crippen LogP contribution in [0.25, 0.3) is 0 Å². The lowest BCUT2D eigenvalue weighted by Gasteiger charge is -2.24. The van der Waals surface area contributed by atoms with Gasteiger partial charge >= 0.3 is 0 Å². The first kappa shape index (κ1) is 19.8. The third kappa shape index (κ3) is 4.37. The molecule has 0 aromatic heterocycles. The van der Waals surface area contributed by atoms with Crippen LogP contribution in [0.4, 0.5) is 0 Å². The minimum atomic E-state index is -1.19. The summed E-state index contributed by atoms with van der Waals surface area (Å²) in [6.07, 6.45) is -2.74. The van der Waals surface area contributed by atoms with E-state index in [4.69, 9.17) is 14.2 Å². The van der Waals surface area contributed by atoms with Crippen molar-refractivity contribution in [1.82, 2.24) is 0 Å². The number of hydrogen-bond donors (Lipinski definition) is 4. The SMILES string of the molecule is COc1cc(C(O)C(CO)Oc2ccc(C(C)O)cc2)cc(OC)c1O. The van der Waals surface area contributed by atoms with Crippen molar-refractivity contribution in [2.24, 2.45) is 0 Å². The molecule has 0 aliphatic rings. The minimum Gasteiger partial charge on any atom is -0.502 e. The van der Waals surface area contributed by atoms with Gasteiger partial charge in [0.1, 0.15) is 11.9 Å². The van der Waals surface area contributed by atoms with E-state index in [-0.39, 0.29) is 17.2 Å². The summed E-state index contributed by atoms with van der Waals surface area (Å²) in [5, 5.41) is 39.7. The highest BCUT2D eigenvalue weighted by atomic mass is 16.5. The van der Waals surface area contributed by atoms with Crippen molar-refractivity contribution in [1.29, 1.82) is 0 Å². The molecule has 2 rings (SSSR count). The van der Waals surface area contributed by atoms with Crippen molar-refractivity contribution in [3.63, 3.8) is 0 Å². The fourth-order valence-corrected chi connectivity index (χ4v) is 2.50. The third-order valence-corrected chi connectivity index (χ3v) is 4.03. The maximum atomic E-state index is 10.6. The van der Waals surface area contributed by atoms with E-state index >= 15 is 0 Å². The second-order valence-electron chi connectivity index (χ2n) is 5.80. The Morgan fingerprint density at radius 3 is 1.88 bits per heavy atom. The van der Waals surface area contributed by atoms with Crippen molar-refractivity contribution < 1.29 is 34.6 Å². The van der Waals surface area contributed by atoms with Gasteiger partial charge in [0.25, 0.3) is 0 Å². The molecule has 0 fully saturated rings. The molecule has 2 aromatic rings. The Balaban J connectivity index is 2.24. The smallest absolute Gasteiger partial charge is 0.200 e. The van der Waals surface area contributed by atoms with Gasteiger partial charge < -0.3 is 34.6 Å². The van der Waals surface area contributed by atoms with Crippen LogP contribution < -0.4 is 14.2 Å². The van der Waals surface area contributed by atoms with Gasteiger partial charge in [-0.25, -0.2) is 0 Å². The summed E-state index contributed by atoms with van der Waals surface area (Å²) >= 11 is 0. The number of aliphatic hydroxyl groups excluding tert-OH is 3. The molecule has 0 amide bonds. The lowest BCUT2D eigenvalue weighted by atomic mass is 10.0. The molecule has 0 saturated carbocycles. The van der Waals surface area contributed by atoms with Gasteiger partial charge in [-0.1, -0.05) is 12.1 Å². The van der Waals surface area contributed by atoms with Crippen LogP contribution in [0.15, 0.2) is 36.4 Å². The molecule has 7 nitrogen and oxygen atoms in total. The van der Waals surface area contributed by atoms with E-state index in [0.29, 0.717) is 11.3 Å². The highest BCUT2D eigenvalue weighted by molar-refractivity contribution is 5.53. The molecule has 0 heterocycles. The molecule has 0 bridgehead atoms. The number of methoxy groups -OCH3 is 2. The topological polar surface area (TPSA) is 109 Å². The summed E-state index contributed by atoms with van der Waals surface area (Å²) in [5.74, 6) is 0.527. The fourth-order valence-electron chi connectivity index (χ4n) is 2.50. The number of ether oxygens (including phenoxy) is 3. The summed E-state index contributed by atoms with van der Waals surface area (Å²) < 4.78 is 15.8. The molecule has 0 spiro atoms. The number of hydrogen-bond acceptors (Lipinski definition) is 7. The van der Waals surface area contributed by atoms with Gasteiger partial charge in [-0.15, -0.1) is 0 Å². The van der Waals surface area contributed by atoms with Crippen LogP contribution in [-0.2, 0) is 0 Å². The Labute approximate surface area is 152 Å². The summed E-state index contributed by atoms with van der Waals surface area (Å²) in [4.78, 5) is 0. The van der Waals surface area contributed by atoms with Crippen LogP contribution in [0.5, 0.6) is 23.0 Å². The Kier molecular flexibility index (Phi) is 6.68. The normalized spacial score (nSPS) is 14.4. The summed E-state index contributed by atoms with van der Waals surface area (Å²) in [6, 6.07) is 9.60. The summed E-state index contributed by atoms with van der Waals surface area (Å²) in [5.41, 5.74) is 1.09. The molecular formula is C19H24O7. The Hall–Kier alpha value is -2.48. The van der Waals surface area contributed by atoms with Crippen molar-refractivity contribution >= 4 is 0 Å². The van der Waals surface area contributed by atoms with Crippen molar-refractivity contribution in [2.75, 3.05) is 20.8 Å². The van der Waals surface area contributed by atoms with Crippen LogP contribution >= 0.6 is 0 Å². The molecule has 3 unspecified atom stereocenters. The second kappa shape index (κ2) is 8.75. The highest BCUT2D eigenvalue weighted by Gasteiger charge is 2.25. The van der Waals surface area contributed by atoms with Gasteiger partial charge in [0.15, 0.2) is 17.6 Å². The van der Waals surface area contributed by atoms with Gasteiger partial charge in [0, 0.05) is 0 Å². The summed E-state index contributed by atoms with van der Waals surface area (Å²) in [7, 11) is 2.77. The van der Waals surface area contributed by atoms with E-state index in [0.717, 1.165) is 5.56 Å². The van der Waals surface area contributed by atoms with Gasteiger partial charge in [0.2, 0.25) is 5.75 Å². The van der Waals surface area contributed by atoms with Gasteiger partial charge in [0.05, 0.1) is 26.9 Å². The average Bonchev–Trinajstić information content (AvgIpc) is 2.66. The fraction of sp³-hybridized carbons (Fsp3) is 0.368. The standard InChI is InChI=1S/C19H24O7/c1-11(21)12-4-6-14(7-5-12)26-17(10-20)18(22)13-8-15(24-2)19(23)16(9-13)25-3/h4-9,11,17-18,20-23H,10H2,1-3H3. The number of rotatable bonds is 8. The van der Waals surface area contributed by atoms with Crippen molar-refractivity contribution in [3.05, 3.63) is 47.5 Å². The molecule has 3 atom stereocenters. The summed E-state index contributed by atoms with van der Waals surface area (Å²) in [6.45, 7) is 1.21. The van der Waals surface area contributed by atoms with E-state index in [9.17, 15) is 20.4 Å². The predicted molar refractivity (Wildman–Crippen MR) is 94.7 cm³/mol. The van der Waals surface area contributed by atoms with Crippen molar-refractivity contribution in [2.45, 2.75) is 25.2 Å². The molecule has 0 aliphatic heterocycles. The number of aromatic hydroxyl groups is 1. The Bertz CT molecular complexity index is 687. The predicted octanol–water partition coefficient (Wildman–Crippen LogP) is 1.94. The first-order valence-electron chi connectivity index (χ1n) is 8.09. The van der Waals surface area contributed by atoms with E-state index < -0.39 is 24.9 Å². The number of aliphatic hydroxyl groups is 3. The van der Waals surface area contributed by atoms with Gasteiger partial charge in [-0.2, -0.15) is 0 Å². The van der Waals surface area contributed by atoms with Crippen LogP contribution in [0, 0.1) is 0 Å². The largest absolute Gasteiger partial charge is 0.502 e. The lowest BCUT2D eigenvalue weighted by Crippen LogP contribution is -2.29. The molecule has 0 aliphatic carbocycles. The third-order valence-electron chi connectivity index (χ3n) is 4.03. The van der Waals surface area contributed by atoms with Gasteiger partial charge in [-0.05, 0) is 42.3 Å². The molecule has 0 radical (unpaired) electrons. The quantitative estimate of drug-likeness (QED) is 0.567. The maximum Gasteiger partial charge on any atom is 0.200 e. The van der Waals surface area contributed by atoms with Crippen LogP contribution in [-0.4, -0.2) is 47.4 Å². The highest BCUT2D eigenvalue weighted by Crippen LogP contribution is 2.39. The van der Waals surface area contributed by atoms with Crippen molar-refractivity contribution in [3.8, 4) is 23.0 Å². The zero-order chi connectivity index (χ0) is 19.3. The van der Waals surface area contributed by atoms with Crippen LogP contribution in [0.1, 0.15) is 30.3 Å². The molecule has 7 heteroatoms. The zero-order valence-corrected chi connectivity index (χ0v) is 14.9. The molecule has 0 saturated heterocycles. The minimum absolute atomic E-state index is 0.136. The Morgan fingerprint density at radius 1 is 0.923 bits per heavy atom. The van der Waals surface area contributed by atoms with Crippen LogP contribution in [0.3, 0.4) is 0 Å². The number of phenols is 1. The van der Waals surface area contributed by atoms with E-state index in [1.165, 1.54) is 26.4 Å². The zero-order valence-electron chi connectivity index (χ0n) is 14.9. The molecular weight excluding hydrogens is 340 g/mol. The molecule has 26 heavy (non-hydrogen) atoms. The average molecular weight is 364 g/mol. The monoisotopic (exact) mass is 364 g/mol. The lowest BCUT2D eigenvalue weighted by molar-refractivity contribution is 0.000537. The van der Waals surface area contributed by atoms with E-state index in [2.05, 4.69) is 0 Å². The molecule has 4 N–H and O–H groups in total. The van der Waals surface area contributed by atoms with Gasteiger partial charge in [-0.3, -0.25) is 0 Å². The number of phenolic OH excluding ortho intramolecular Hbond substituents is 1. The molecule has 2 aromatic carbocycles. The Morgan fingerprint density at radius 2 is 1.46 bits per heavy atom. The number of benzene rings is 2.